The van der Waals surface area contributed by atoms with Crippen molar-refractivity contribution in [1.29, 1.82) is 0 Å². The van der Waals surface area contributed by atoms with Crippen molar-refractivity contribution in [3.05, 3.63) is 70.8 Å². The molecule has 2 aromatic rings. The van der Waals surface area contributed by atoms with Crippen LogP contribution in [0.5, 0.6) is 0 Å². The second-order valence-corrected chi connectivity index (χ2v) is 11.7. The number of fused-ring (bicyclic) bond motifs is 1. The standard InChI is InChI=1S/C33H42N4O6/c38-30(34-15-7-16-36-18-20-43-21-19-36)25-10-3-4-11-26(25)31(39)35-22-29-24-9-2-1-8-23(24)14-17-37(29)32(40)27-12-5-6-13-28(27)33(41)42/h1-4,8-11,27-29H,5-7,12-22H2,(H,34,38)(H,35,39)(H,41,42)/t27?,28?,29-/m1/s1. The van der Waals surface area contributed by atoms with Gasteiger partial charge < -0.3 is 25.4 Å². The highest BCUT2D eigenvalue weighted by molar-refractivity contribution is 6.07. The summed E-state index contributed by atoms with van der Waals surface area (Å²) in [7, 11) is 0. The number of nitrogens with zero attached hydrogens (tertiary/aromatic N) is 2. The topological polar surface area (TPSA) is 128 Å². The molecule has 3 aliphatic rings. The lowest BCUT2D eigenvalue weighted by molar-refractivity contribution is -0.153. The number of hydrogen-bond acceptors (Lipinski definition) is 6. The van der Waals surface area contributed by atoms with E-state index in [1.54, 1.807) is 29.2 Å². The summed E-state index contributed by atoms with van der Waals surface area (Å²) in [4.78, 5) is 56.5. The molecule has 5 rings (SSSR count). The molecule has 3 atom stereocenters. The molecule has 1 saturated carbocycles. The second-order valence-electron chi connectivity index (χ2n) is 11.7. The van der Waals surface area contributed by atoms with Crippen molar-refractivity contribution in [3.63, 3.8) is 0 Å². The van der Waals surface area contributed by atoms with Crippen LogP contribution in [0.1, 0.15) is 70.0 Å². The quantitative estimate of drug-likeness (QED) is 0.363. The maximum Gasteiger partial charge on any atom is 0.307 e. The zero-order valence-electron chi connectivity index (χ0n) is 24.6. The van der Waals surface area contributed by atoms with Crippen LogP contribution in [0.15, 0.2) is 48.5 Å². The van der Waals surface area contributed by atoms with Crippen molar-refractivity contribution in [2.24, 2.45) is 11.8 Å². The Morgan fingerprint density at radius 2 is 1.49 bits per heavy atom. The molecule has 10 nitrogen and oxygen atoms in total. The van der Waals surface area contributed by atoms with Crippen LogP contribution in [0.25, 0.3) is 0 Å². The van der Waals surface area contributed by atoms with Gasteiger partial charge in [0.2, 0.25) is 5.91 Å². The third-order valence-electron chi connectivity index (χ3n) is 9.01. The van der Waals surface area contributed by atoms with Crippen molar-refractivity contribution in [3.8, 4) is 0 Å². The predicted octanol–water partition coefficient (Wildman–Crippen LogP) is 2.89. The van der Waals surface area contributed by atoms with Crippen LogP contribution >= 0.6 is 0 Å². The van der Waals surface area contributed by atoms with Crippen LogP contribution < -0.4 is 10.6 Å². The molecule has 2 fully saturated rings. The average Bonchev–Trinajstić information content (AvgIpc) is 3.05. The van der Waals surface area contributed by atoms with Crippen molar-refractivity contribution < 1.29 is 29.0 Å². The van der Waals surface area contributed by atoms with Gasteiger partial charge in [0.25, 0.3) is 11.8 Å². The maximum absolute atomic E-state index is 13.9. The molecule has 1 saturated heterocycles. The van der Waals surface area contributed by atoms with Gasteiger partial charge in [-0.2, -0.15) is 0 Å². The molecule has 3 N–H and O–H groups in total. The molecule has 0 bridgehead atoms. The Morgan fingerprint density at radius 1 is 0.837 bits per heavy atom. The summed E-state index contributed by atoms with van der Waals surface area (Å²) in [5.74, 6) is -3.02. The summed E-state index contributed by atoms with van der Waals surface area (Å²) in [6.07, 6.45) is 4.17. The van der Waals surface area contributed by atoms with Gasteiger partial charge in [0.1, 0.15) is 0 Å². The van der Waals surface area contributed by atoms with Crippen LogP contribution in [0, 0.1) is 11.8 Å². The van der Waals surface area contributed by atoms with Gasteiger partial charge in [-0.05, 0) is 55.5 Å². The number of carboxylic acids is 1. The molecule has 2 aliphatic heterocycles. The Bertz CT molecular complexity index is 1310. The van der Waals surface area contributed by atoms with E-state index in [4.69, 9.17) is 4.74 Å². The maximum atomic E-state index is 13.9. The molecule has 0 aromatic heterocycles. The Balaban J connectivity index is 1.26. The largest absolute Gasteiger partial charge is 0.481 e. The molecule has 0 spiro atoms. The van der Waals surface area contributed by atoms with Gasteiger partial charge in [0.05, 0.1) is 42.2 Å². The minimum absolute atomic E-state index is 0.154. The van der Waals surface area contributed by atoms with Crippen LogP contribution in [0.4, 0.5) is 0 Å². The molecule has 2 heterocycles. The number of aliphatic carboxylic acids is 1. The van der Waals surface area contributed by atoms with Crippen molar-refractivity contribution in [1.82, 2.24) is 20.4 Å². The van der Waals surface area contributed by atoms with E-state index in [0.717, 1.165) is 63.2 Å². The zero-order valence-corrected chi connectivity index (χ0v) is 24.6. The van der Waals surface area contributed by atoms with E-state index < -0.39 is 29.8 Å². The first-order valence-corrected chi connectivity index (χ1v) is 15.5. The summed E-state index contributed by atoms with van der Waals surface area (Å²) in [5.41, 5.74) is 2.64. The lowest BCUT2D eigenvalue weighted by Crippen LogP contribution is -2.49. The number of hydrogen-bond donors (Lipinski definition) is 3. The fraction of sp³-hybridized carbons (Fsp3) is 0.515. The van der Waals surface area contributed by atoms with Gasteiger partial charge in [-0.15, -0.1) is 0 Å². The van der Waals surface area contributed by atoms with Gasteiger partial charge in [-0.25, -0.2) is 0 Å². The van der Waals surface area contributed by atoms with E-state index >= 15 is 0 Å². The monoisotopic (exact) mass is 590 g/mol. The van der Waals surface area contributed by atoms with Crippen LogP contribution in [0.2, 0.25) is 0 Å². The SMILES string of the molecule is O=C(NCCCN1CCOCC1)c1ccccc1C(=O)NC[C@@H]1c2ccccc2CCN1C(=O)C1CCCCC1C(=O)O. The number of nitrogens with one attached hydrogen (secondary N) is 2. The van der Waals surface area contributed by atoms with E-state index in [2.05, 4.69) is 15.5 Å². The van der Waals surface area contributed by atoms with Gasteiger partial charge in [-0.1, -0.05) is 49.2 Å². The number of benzene rings is 2. The van der Waals surface area contributed by atoms with E-state index in [1.165, 1.54) is 0 Å². The lowest BCUT2D eigenvalue weighted by atomic mass is 9.77. The summed E-state index contributed by atoms with van der Waals surface area (Å²) in [6.45, 7) is 5.24. The third kappa shape index (κ3) is 7.43. The fourth-order valence-electron chi connectivity index (χ4n) is 6.66. The zero-order chi connectivity index (χ0) is 30.2. The normalized spacial score (nSPS) is 22.3. The highest BCUT2D eigenvalue weighted by Crippen LogP contribution is 2.36. The number of rotatable bonds is 10. The molecule has 43 heavy (non-hydrogen) atoms. The minimum Gasteiger partial charge on any atom is -0.481 e. The van der Waals surface area contributed by atoms with Gasteiger partial charge in [0.15, 0.2) is 0 Å². The molecular formula is C33H42N4O6. The Labute approximate surface area is 252 Å². The molecular weight excluding hydrogens is 548 g/mol. The number of carbonyl (C=O) groups is 4. The fourth-order valence-corrected chi connectivity index (χ4v) is 6.66. The Hall–Kier alpha value is -3.76. The number of amides is 3. The van der Waals surface area contributed by atoms with E-state index in [1.807, 2.05) is 24.3 Å². The first kappa shape index (κ1) is 30.7. The van der Waals surface area contributed by atoms with Gasteiger partial charge >= 0.3 is 5.97 Å². The van der Waals surface area contributed by atoms with Crippen molar-refractivity contribution in [2.45, 2.75) is 44.6 Å². The molecule has 230 valence electrons. The lowest BCUT2D eigenvalue weighted by Gasteiger charge is -2.41. The second kappa shape index (κ2) is 14.6. The molecule has 2 aromatic carbocycles. The Morgan fingerprint density at radius 3 is 2.21 bits per heavy atom. The molecule has 10 heteroatoms. The first-order valence-electron chi connectivity index (χ1n) is 15.5. The summed E-state index contributed by atoms with van der Waals surface area (Å²) in [5, 5.41) is 15.7. The van der Waals surface area contributed by atoms with E-state index in [0.29, 0.717) is 37.9 Å². The molecule has 0 radical (unpaired) electrons. The van der Waals surface area contributed by atoms with Crippen LogP contribution in [-0.4, -0.2) is 91.1 Å². The van der Waals surface area contributed by atoms with Crippen molar-refractivity contribution >= 4 is 23.7 Å². The summed E-state index contributed by atoms with van der Waals surface area (Å²) < 4.78 is 5.38. The highest BCUT2D eigenvalue weighted by Gasteiger charge is 2.41. The number of carbonyl (C=O) groups excluding carboxylic acids is 3. The van der Waals surface area contributed by atoms with Crippen LogP contribution in [-0.2, 0) is 20.7 Å². The third-order valence-corrected chi connectivity index (χ3v) is 9.01. The first-order chi connectivity index (χ1) is 20.9. The predicted molar refractivity (Wildman–Crippen MR) is 161 cm³/mol. The van der Waals surface area contributed by atoms with Crippen molar-refractivity contribution in [2.75, 3.05) is 52.5 Å². The summed E-state index contributed by atoms with van der Waals surface area (Å²) >= 11 is 0. The smallest absolute Gasteiger partial charge is 0.307 e. The van der Waals surface area contributed by atoms with Crippen LogP contribution in [0.3, 0.4) is 0 Å². The minimum atomic E-state index is -0.920. The molecule has 1 aliphatic carbocycles. The van der Waals surface area contributed by atoms with Gasteiger partial charge in [0, 0.05) is 32.7 Å². The van der Waals surface area contributed by atoms with E-state index in [-0.39, 0.29) is 23.9 Å². The average molecular weight is 591 g/mol. The Kier molecular flexibility index (Phi) is 10.4. The van der Waals surface area contributed by atoms with E-state index in [9.17, 15) is 24.3 Å². The highest BCUT2D eigenvalue weighted by atomic mass is 16.5. The summed E-state index contributed by atoms with van der Waals surface area (Å²) in [6, 6.07) is 14.2. The number of carboxylic acid groups (broad SMARTS) is 1. The molecule has 2 unspecified atom stereocenters. The van der Waals surface area contributed by atoms with Gasteiger partial charge in [-0.3, -0.25) is 24.1 Å². The number of ether oxygens (including phenoxy) is 1. The molecule has 3 amide bonds. The number of morpholine rings is 1.